The van der Waals surface area contributed by atoms with Crippen molar-refractivity contribution in [3.8, 4) is 0 Å². The van der Waals surface area contributed by atoms with Crippen molar-refractivity contribution in [3.05, 3.63) is 0 Å². The molecule has 1 N–H and O–H groups in total. The number of nitrogens with one attached hydrogen (secondary N) is 1. The van der Waals surface area contributed by atoms with Gasteiger partial charge in [0.15, 0.2) is 0 Å². The molecule has 1 amide bonds. The van der Waals surface area contributed by atoms with Crippen molar-refractivity contribution in [1.82, 2.24) is 15.1 Å². The zero-order valence-corrected chi connectivity index (χ0v) is 8.83. The molecule has 2 fully saturated rings. The molecule has 80 valence electrons. The lowest BCUT2D eigenvalue weighted by Gasteiger charge is -2.32. The normalized spacial score (nSPS) is 26.1. The number of nitrogens with zero attached hydrogens (tertiary/aromatic N) is 2. The van der Waals surface area contributed by atoms with E-state index >= 15 is 0 Å². The van der Waals surface area contributed by atoms with Crippen LogP contribution >= 0.6 is 0 Å². The Kier molecular flexibility index (Phi) is 3.03. The first-order valence-corrected chi connectivity index (χ1v) is 5.43. The number of carbonyl (C=O) groups is 1. The summed E-state index contributed by atoms with van der Waals surface area (Å²) in [6, 6.07) is 0. The average molecular weight is 197 g/mol. The first kappa shape index (κ1) is 9.93. The van der Waals surface area contributed by atoms with Crippen molar-refractivity contribution in [1.29, 1.82) is 0 Å². The number of carbonyl (C=O) groups excluding carboxylic acids is 1. The van der Waals surface area contributed by atoms with Crippen molar-refractivity contribution >= 4 is 5.91 Å². The number of hydrogen-bond donors (Lipinski definition) is 1. The SMILES string of the molecule is CN1CCCN(CC2CNC2)CC1=O. The van der Waals surface area contributed by atoms with Gasteiger partial charge in [-0.3, -0.25) is 9.69 Å². The van der Waals surface area contributed by atoms with Gasteiger partial charge in [0, 0.05) is 39.8 Å². The zero-order chi connectivity index (χ0) is 9.97. The Morgan fingerprint density at radius 1 is 1.43 bits per heavy atom. The maximum atomic E-state index is 11.6. The second kappa shape index (κ2) is 4.28. The minimum atomic E-state index is 0.273. The lowest BCUT2D eigenvalue weighted by Crippen LogP contribution is -2.49. The van der Waals surface area contributed by atoms with Crippen LogP contribution in [0.15, 0.2) is 0 Å². The number of amides is 1. The van der Waals surface area contributed by atoms with Crippen molar-refractivity contribution in [2.24, 2.45) is 5.92 Å². The van der Waals surface area contributed by atoms with Crippen molar-refractivity contribution in [3.63, 3.8) is 0 Å². The number of likely N-dealkylation sites (N-methyl/N-ethyl adjacent to an activating group) is 1. The fraction of sp³-hybridized carbons (Fsp3) is 0.900. The molecule has 4 heteroatoms. The Bertz CT molecular complexity index is 215. The highest BCUT2D eigenvalue weighted by Crippen LogP contribution is 2.09. The molecule has 4 nitrogen and oxygen atoms in total. The molecule has 0 saturated carbocycles. The third-order valence-corrected chi connectivity index (χ3v) is 3.13. The van der Waals surface area contributed by atoms with E-state index in [1.807, 2.05) is 11.9 Å². The Balaban J connectivity index is 1.82. The summed E-state index contributed by atoms with van der Waals surface area (Å²) in [5, 5.41) is 3.26. The van der Waals surface area contributed by atoms with E-state index in [9.17, 15) is 4.79 Å². The van der Waals surface area contributed by atoms with Crippen LogP contribution in [-0.2, 0) is 4.79 Å². The molecule has 0 aromatic heterocycles. The van der Waals surface area contributed by atoms with Crippen LogP contribution in [0.5, 0.6) is 0 Å². The highest BCUT2D eigenvalue weighted by Gasteiger charge is 2.24. The van der Waals surface area contributed by atoms with E-state index in [0.29, 0.717) is 6.54 Å². The smallest absolute Gasteiger partial charge is 0.236 e. The third kappa shape index (κ3) is 2.25. The molecule has 0 unspecified atom stereocenters. The van der Waals surface area contributed by atoms with E-state index in [0.717, 1.165) is 45.1 Å². The van der Waals surface area contributed by atoms with E-state index in [1.54, 1.807) is 0 Å². The van der Waals surface area contributed by atoms with Crippen molar-refractivity contribution in [2.75, 3.05) is 46.3 Å². The molecule has 0 radical (unpaired) electrons. The van der Waals surface area contributed by atoms with Crippen LogP contribution in [0.2, 0.25) is 0 Å². The summed E-state index contributed by atoms with van der Waals surface area (Å²) in [6.07, 6.45) is 1.11. The van der Waals surface area contributed by atoms with Crippen LogP contribution in [-0.4, -0.2) is 62.0 Å². The maximum Gasteiger partial charge on any atom is 0.236 e. The molecule has 2 saturated heterocycles. The molecule has 2 rings (SSSR count). The zero-order valence-electron chi connectivity index (χ0n) is 8.83. The van der Waals surface area contributed by atoms with E-state index in [-0.39, 0.29) is 5.91 Å². The highest BCUT2D eigenvalue weighted by molar-refractivity contribution is 5.78. The van der Waals surface area contributed by atoms with Crippen LogP contribution in [0, 0.1) is 5.92 Å². The van der Waals surface area contributed by atoms with Crippen LogP contribution < -0.4 is 5.32 Å². The Hall–Kier alpha value is -0.610. The first-order valence-electron chi connectivity index (χ1n) is 5.43. The molecule has 14 heavy (non-hydrogen) atoms. The molecular weight excluding hydrogens is 178 g/mol. The molecule has 0 aliphatic carbocycles. The fourth-order valence-electron chi connectivity index (χ4n) is 2.05. The summed E-state index contributed by atoms with van der Waals surface area (Å²) in [5.74, 6) is 1.04. The topological polar surface area (TPSA) is 35.6 Å². The Morgan fingerprint density at radius 2 is 2.21 bits per heavy atom. The molecule has 0 aromatic carbocycles. The van der Waals surface area contributed by atoms with E-state index in [2.05, 4.69) is 10.2 Å². The molecule has 2 aliphatic rings. The summed E-state index contributed by atoms with van der Waals surface area (Å²) in [4.78, 5) is 15.7. The van der Waals surface area contributed by atoms with Gasteiger partial charge in [0.05, 0.1) is 6.54 Å². The monoisotopic (exact) mass is 197 g/mol. The first-order chi connectivity index (χ1) is 6.75. The van der Waals surface area contributed by atoms with Crippen molar-refractivity contribution < 1.29 is 4.79 Å². The standard InChI is InChI=1S/C10H19N3O/c1-12-3-2-4-13(8-10(12)14)7-9-5-11-6-9/h9,11H,2-8H2,1H3. The van der Waals surface area contributed by atoms with Gasteiger partial charge < -0.3 is 10.2 Å². The van der Waals surface area contributed by atoms with Gasteiger partial charge in [-0.25, -0.2) is 0 Å². The third-order valence-electron chi connectivity index (χ3n) is 3.13. The molecule has 0 spiro atoms. The highest BCUT2D eigenvalue weighted by atomic mass is 16.2. The van der Waals surface area contributed by atoms with Gasteiger partial charge in [0.25, 0.3) is 0 Å². The van der Waals surface area contributed by atoms with Gasteiger partial charge in [-0.05, 0) is 12.3 Å². The molecular formula is C10H19N3O. The van der Waals surface area contributed by atoms with Gasteiger partial charge in [0.2, 0.25) is 5.91 Å². The van der Waals surface area contributed by atoms with E-state index in [1.165, 1.54) is 0 Å². The summed E-state index contributed by atoms with van der Waals surface area (Å²) < 4.78 is 0. The maximum absolute atomic E-state index is 11.6. The summed E-state index contributed by atoms with van der Waals surface area (Å²) in [6.45, 7) is 5.95. The molecule has 2 heterocycles. The van der Waals surface area contributed by atoms with Crippen molar-refractivity contribution in [2.45, 2.75) is 6.42 Å². The van der Waals surface area contributed by atoms with Crippen LogP contribution in [0.3, 0.4) is 0 Å². The number of rotatable bonds is 2. The number of hydrogen-bond acceptors (Lipinski definition) is 3. The van der Waals surface area contributed by atoms with Gasteiger partial charge in [-0.15, -0.1) is 0 Å². The summed E-state index contributed by atoms with van der Waals surface area (Å²) in [5.41, 5.74) is 0. The Labute approximate surface area is 85.2 Å². The molecule has 0 atom stereocenters. The van der Waals surface area contributed by atoms with Crippen LogP contribution in [0.4, 0.5) is 0 Å². The van der Waals surface area contributed by atoms with Crippen LogP contribution in [0.25, 0.3) is 0 Å². The van der Waals surface area contributed by atoms with Gasteiger partial charge in [0.1, 0.15) is 0 Å². The minimum absolute atomic E-state index is 0.273. The molecule has 2 aliphatic heterocycles. The largest absolute Gasteiger partial charge is 0.345 e. The van der Waals surface area contributed by atoms with E-state index < -0.39 is 0 Å². The predicted octanol–water partition coefficient (Wildman–Crippen LogP) is -0.630. The second-order valence-electron chi connectivity index (χ2n) is 4.43. The summed E-state index contributed by atoms with van der Waals surface area (Å²) >= 11 is 0. The fourth-order valence-corrected chi connectivity index (χ4v) is 2.05. The predicted molar refractivity (Wildman–Crippen MR) is 55.1 cm³/mol. The van der Waals surface area contributed by atoms with Gasteiger partial charge in [-0.2, -0.15) is 0 Å². The lowest BCUT2D eigenvalue weighted by atomic mass is 10.0. The average Bonchev–Trinajstić information content (AvgIpc) is 2.23. The van der Waals surface area contributed by atoms with E-state index in [4.69, 9.17) is 0 Å². The quantitative estimate of drug-likeness (QED) is 0.640. The molecule has 0 aromatic rings. The van der Waals surface area contributed by atoms with Gasteiger partial charge >= 0.3 is 0 Å². The second-order valence-corrected chi connectivity index (χ2v) is 4.43. The molecule has 0 bridgehead atoms. The minimum Gasteiger partial charge on any atom is -0.345 e. The van der Waals surface area contributed by atoms with Crippen LogP contribution in [0.1, 0.15) is 6.42 Å². The van der Waals surface area contributed by atoms with Gasteiger partial charge in [-0.1, -0.05) is 0 Å². The summed E-state index contributed by atoms with van der Waals surface area (Å²) in [7, 11) is 1.90. The Morgan fingerprint density at radius 3 is 2.86 bits per heavy atom. The lowest BCUT2D eigenvalue weighted by molar-refractivity contribution is -0.130.